The quantitative estimate of drug-likeness (QED) is 0.810. The average molecular weight is 353 g/mol. The van der Waals surface area contributed by atoms with Crippen LogP contribution in [0.1, 0.15) is 17.7 Å². The fourth-order valence-electron chi connectivity index (χ4n) is 1.67. The van der Waals surface area contributed by atoms with E-state index in [-0.39, 0.29) is 5.91 Å². The Bertz CT molecular complexity index is 626. The minimum Gasteiger partial charge on any atom is -0.469 e. The van der Waals surface area contributed by atoms with Crippen LogP contribution in [0, 0.1) is 0 Å². The molecule has 0 aliphatic carbocycles. The molecule has 0 spiro atoms. The molecule has 1 aromatic heterocycles. The predicted octanol–water partition coefficient (Wildman–Crippen LogP) is 3.25. The maximum atomic E-state index is 11.9. The third-order valence-electron chi connectivity index (χ3n) is 2.71. The number of anilines is 1. The van der Waals surface area contributed by atoms with Gasteiger partial charge >= 0.3 is 0 Å². The second-order valence-corrected chi connectivity index (χ2v) is 5.48. The van der Waals surface area contributed by atoms with Crippen LogP contribution in [0.15, 0.2) is 45.5 Å². The van der Waals surface area contributed by atoms with Crippen LogP contribution in [-0.4, -0.2) is 10.9 Å². The Balaban J connectivity index is 1.95. The standard InChI is InChI=1S/C14H13BrN2O2S/c15-11-8-9(14(16)20)3-5-12(11)17-13(18)6-4-10-2-1-7-19-10/h1-3,5,7-8H,4,6H2,(H2,16,20)(H,17,18). The van der Waals surface area contributed by atoms with E-state index in [9.17, 15) is 4.79 Å². The molecule has 0 saturated carbocycles. The van der Waals surface area contributed by atoms with E-state index in [2.05, 4.69) is 21.2 Å². The fraction of sp³-hybridized carbons (Fsp3) is 0.143. The Labute approximate surface area is 130 Å². The lowest BCUT2D eigenvalue weighted by Crippen LogP contribution is -2.14. The first kappa shape index (κ1) is 14.7. The van der Waals surface area contributed by atoms with E-state index in [1.165, 1.54) is 0 Å². The van der Waals surface area contributed by atoms with Crippen LogP contribution in [0.5, 0.6) is 0 Å². The number of carbonyl (C=O) groups excluding carboxylic acids is 1. The van der Waals surface area contributed by atoms with Crippen molar-refractivity contribution in [1.29, 1.82) is 0 Å². The molecule has 3 N–H and O–H groups in total. The van der Waals surface area contributed by atoms with Gasteiger partial charge in [-0.1, -0.05) is 12.2 Å². The van der Waals surface area contributed by atoms with Gasteiger partial charge < -0.3 is 15.5 Å². The molecule has 0 aliphatic heterocycles. The van der Waals surface area contributed by atoms with Crippen LogP contribution in [0.3, 0.4) is 0 Å². The summed E-state index contributed by atoms with van der Waals surface area (Å²) >= 11 is 8.28. The maximum Gasteiger partial charge on any atom is 0.224 e. The van der Waals surface area contributed by atoms with Crippen molar-refractivity contribution < 1.29 is 9.21 Å². The number of hydrogen-bond acceptors (Lipinski definition) is 3. The molecule has 1 aromatic carbocycles. The molecule has 0 unspecified atom stereocenters. The third kappa shape index (κ3) is 3.91. The summed E-state index contributed by atoms with van der Waals surface area (Å²) in [6, 6.07) is 8.97. The Kier molecular flexibility index (Phi) is 4.92. The number of thiocarbonyl (C=S) groups is 1. The molecule has 4 nitrogen and oxygen atoms in total. The first-order valence-corrected chi connectivity index (χ1v) is 7.18. The zero-order chi connectivity index (χ0) is 14.5. The largest absolute Gasteiger partial charge is 0.469 e. The minimum atomic E-state index is -0.0785. The first-order chi connectivity index (χ1) is 9.56. The Morgan fingerprint density at radius 2 is 2.20 bits per heavy atom. The van der Waals surface area contributed by atoms with Gasteiger partial charge in [-0.15, -0.1) is 0 Å². The molecule has 0 radical (unpaired) electrons. The highest BCUT2D eigenvalue weighted by Crippen LogP contribution is 2.24. The Morgan fingerprint density at radius 3 is 2.80 bits per heavy atom. The van der Waals surface area contributed by atoms with E-state index in [1.807, 2.05) is 6.07 Å². The number of carbonyl (C=O) groups is 1. The molecule has 1 amide bonds. The van der Waals surface area contributed by atoms with E-state index >= 15 is 0 Å². The van der Waals surface area contributed by atoms with Crippen molar-refractivity contribution in [3.63, 3.8) is 0 Å². The topological polar surface area (TPSA) is 68.3 Å². The first-order valence-electron chi connectivity index (χ1n) is 5.98. The summed E-state index contributed by atoms with van der Waals surface area (Å²) in [7, 11) is 0. The second kappa shape index (κ2) is 6.67. The molecule has 2 aromatic rings. The van der Waals surface area contributed by atoms with Gasteiger partial charge in [0.2, 0.25) is 5.91 Å². The van der Waals surface area contributed by atoms with Crippen LogP contribution >= 0.6 is 28.1 Å². The molecule has 1 heterocycles. The number of rotatable bonds is 5. The van der Waals surface area contributed by atoms with Crippen LogP contribution in [0.4, 0.5) is 5.69 Å². The lowest BCUT2D eigenvalue weighted by atomic mass is 10.2. The van der Waals surface area contributed by atoms with E-state index in [1.54, 1.807) is 30.5 Å². The molecule has 0 bridgehead atoms. The van der Waals surface area contributed by atoms with Gasteiger partial charge in [-0.05, 0) is 46.3 Å². The number of halogens is 1. The zero-order valence-corrected chi connectivity index (χ0v) is 13.0. The number of hydrogen-bond donors (Lipinski definition) is 2. The number of amides is 1. The predicted molar refractivity (Wildman–Crippen MR) is 85.7 cm³/mol. The average Bonchev–Trinajstić information content (AvgIpc) is 2.91. The summed E-state index contributed by atoms with van der Waals surface area (Å²) in [6.45, 7) is 0. The monoisotopic (exact) mass is 352 g/mol. The lowest BCUT2D eigenvalue weighted by Gasteiger charge is -2.08. The lowest BCUT2D eigenvalue weighted by molar-refractivity contribution is -0.116. The number of nitrogens with two attached hydrogens (primary N) is 1. The van der Waals surface area contributed by atoms with Crippen molar-refractivity contribution in [3.8, 4) is 0 Å². The van der Waals surface area contributed by atoms with Gasteiger partial charge in [0.25, 0.3) is 0 Å². The van der Waals surface area contributed by atoms with Crippen molar-refractivity contribution >= 4 is 44.7 Å². The minimum absolute atomic E-state index is 0.0785. The summed E-state index contributed by atoms with van der Waals surface area (Å²) in [5, 5.41) is 2.83. The molecule has 6 heteroatoms. The summed E-state index contributed by atoms with van der Waals surface area (Å²) in [4.78, 5) is 12.2. The van der Waals surface area contributed by atoms with Crippen LogP contribution in [0.2, 0.25) is 0 Å². The second-order valence-electron chi connectivity index (χ2n) is 4.19. The molecule has 104 valence electrons. The summed E-state index contributed by atoms with van der Waals surface area (Å²) in [5.74, 6) is 0.716. The van der Waals surface area contributed by atoms with E-state index in [4.69, 9.17) is 22.4 Å². The van der Waals surface area contributed by atoms with Gasteiger partial charge in [-0.2, -0.15) is 0 Å². The maximum absolute atomic E-state index is 11.9. The summed E-state index contributed by atoms with van der Waals surface area (Å²) < 4.78 is 5.93. The van der Waals surface area contributed by atoms with Crippen molar-refractivity contribution in [2.45, 2.75) is 12.8 Å². The molecule has 0 saturated heterocycles. The van der Waals surface area contributed by atoms with Gasteiger partial charge in [-0.3, -0.25) is 4.79 Å². The van der Waals surface area contributed by atoms with Crippen LogP contribution in [-0.2, 0) is 11.2 Å². The smallest absolute Gasteiger partial charge is 0.224 e. The van der Waals surface area contributed by atoms with Gasteiger partial charge in [0.15, 0.2) is 0 Å². The number of furan rings is 1. The SMILES string of the molecule is NC(=S)c1ccc(NC(=O)CCc2ccco2)c(Br)c1. The van der Waals surface area contributed by atoms with Crippen molar-refractivity contribution in [3.05, 3.63) is 52.4 Å². The Morgan fingerprint density at radius 1 is 1.40 bits per heavy atom. The van der Waals surface area contributed by atoms with Gasteiger partial charge in [0.05, 0.1) is 12.0 Å². The van der Waals surface area contributed by atoms with Crippen molar-refractivity contribution in [1.82, 2.24) is 0 Å². The van der Waals surface area contributed by atoms with Gasteiger partial charge in [0.1, 0.15) is 10.7 Å². The van der Waals surface area contributed by atoms with E-state index in [0.717, 1.165) is 15.8 Å². The number of aryl methyl sites for hydroxylation is 1. The van der Waals surface area contributed by atoms with Crippen LogP contribution in [0.25, 0.3) is 0 Å². The number of nitrogens with one attached hydrogen (secondary N) is 1. The van der Waals surface area contributed by atoms with E-state index in [0.29, 0.717) is 23.5 Å². The van der Waals surface area contributed by atoms with Crippen molar-refractivity contribution in [2.24, 2.45) is 5.73 Å². The summed E-state index contributed by atoms with van der Waals surface area (Å²) in [5.41, 5.74) is 6.99. The highest BCUT2D eigenvalue weighted by atomic mass is 79.9. The molecule has 20 heavy (non-hydrogen) atoms. The van der Waals surface area contributed by atoms with Gasteiger partial charge in [-0.25, -0.2) is 0 Å². The fourth-order valence-corrected chi connectivity index (χ4v) is 2.28. The third-order valence-corrected chi connectivity index (χ3v) is 3.60. The van der Waals surface area contributed by atoms with Crippen molar-refractivity contribution in [2.75, 3.05) is 5.32 Å². The normalized spacial score (nSPS) is 10.2. The van der Waals surface area contributed by atoms with Gasteiger partial charge in [0, 0.05) is 22.9 Å². The molecule has 0 atom stereocenters. The highest BCUT2D eigenvalue weighted by Gasteiger charge is 2.08. The highest BCUT2D eigenvalue weighted by molar-refractivity contribution is 9.10. The molecular formula is C14H13BrN2O2S. The molecule has 0 aliphatic rings. The van der Waals surface area contributed by atoms with E-state index < -0.39 is 0 Å². The molecule has 2 rings (SSSR count). The van der Waals surface area contributed by atoms with Crippen LogP contribution < -0.4 is 11.1 Å². The molecule has 0 fully saturated rings. The zero-order valence-electron chi connectivity index (χ0n) is 10.6. The summed E-state index contributed by atoms with van der Waals surface area (Å²) in [6.07, 6.45) is 2.52. The number of benzene rings is 1. The Hall–Kier alpha value is -1.66. The molecular weight excluding hydrogens is 340 g/mol.